The molecule has 0 spiro atoms. The highest BCUT2D eigenvalue weighted by Crippen LogP contribution is 2.48. The van der Waals surface area contributed by atoms with Crippen LogP contribution in [0.4, 0.5) is 0 Å². The van der Waals surface area contributed by atoms with Gasteiger partial charge in [-0.05, 0) is 37.8 Å². The number of rotatable bonds is 3. The van der Waals surface area contributed by atoms with E-state index in [1.54, 1.807) is 13.1 Å². The smallest absolute Gasteiger partial charge is 0.271 e. The van der Waals surface area contributed by atoms with E-state index in [1.807, 2.05) is 34.6 Å². The number of aliphatic hydroxyl groups excluding tert-OH is 1. The van der Waals surface area contributed by atoms with Crippen LogP contribution in [0.1, 0.15) is 62.0 Å². The largest absolute Gasteiger partial charge is 0.392 e. The first-order chi connectivity index (χ1) is 13.8. The van der Waals surface area contributed by atoms with Crippen molar-refractivity contribution >= 4 is 17.5 Å². The Kier molecular flexibility index (Phi) is 5.11. The summed E-state index contributed by atoms with van der Waals surface area (Å²) in [5.41, 5.74) is 1.86. The molecule has 1 saturated carbocycles. The Labute approximate surface area is 171 Å². The monoisotopic (exact) mass is 398 g/mol. The van der Waals surface area contributed by atoms with Crippen molar-refractivity contribution in [3.05, 3.63) is 35.8 Å². The number of nitrogens with one attached hydrogen (secondary N) is 1. The first-order valence-corrected chi connectivity index (χ1v) is 10.5. The number of aryl methyl sites for hydroxylation is 1. The number of carbonyl (C=O) groups is 2. The van der Waals surface area contributed by atoms with E-state index in [-0.39, 0.29) is 29.3 Å². The van der Waals surface area contributed by atoms with Gasteiger partial charge in [0.05, 0.1) is 12.1 Å². The van der Waals surface area contributed by atoms with Crippen molar-refractivity contribution < 1.29 is 14.7 Å². The number of hydrogen-bond donors (Lipinski definition) is 2. The second kappa shape index (κ2) is 7.44. The predicted octanol–water partition coefficient (Wildman–Crippen LogP) is 2.30. The van der Waals surface area contributed by atoms with Crippen LogP contribution in [-0.2, 0) is 4.79 Å². The van der Waals surface area contributed by atoms with Crippen molar-refractivity contribution in [2.24, 2.45) is 5.41 Å². The molecule has 0 radical (unpaired) electrons. The molecule has 0 aromatic carbocycles. The van der Waals surface area contributed by atoms with Crippen LogP contribution in [0, 0.1) is 12.3 Å². The van der Waals surface area contributed by atoms with Crippen molar-refractivity contribution in [3.8, 4) is 0 Å². The van der Waals surface area contributed by atoms with E-state index < -0.39 is 6.10 Å². The summed E-state index contributed by atoms with van der Waals surface area (Å²) >= 11 is 0. The molecular weight excluding hydrogens is 368 g/mol. The van der Waals surface area contributed by atoms with Gasteiger partial charge in [-0.2, -0.15) is 0 Å². The Balaban J connectivity index is 1.50. The lowest BCUT2D eigenvalue weighted by Gasteiger charge is -2.37. The summed E-state index contributed by atoms with van der Waals surface area (Å²) in [7, 11) is 0. The number of aliphatic hydroxyl groups is 1. The highest BCUT2D eigenvalue weighted by Gasteiger charge is 2.54. The first kappa shape index (κ1) is 19.9. The highest BCUT2D eigenvalue weighted by molar-refractivity contribution is 5.92. The van der Waals surface area contributed by atoms with Crippen LogP contribution in [0.15, 0.2) is 24.5 Å². The van der Waals surface area contributed by atoms with E-state index in [4.69, 9.17) is 0 Å². The third-order valence-electron chi connectivity index (χ3n) is 6.83. The third-order valence-corrected chi connectivity index (χ3v) is 6.83. The second-order valence-electron chi connectivity index (χ2n) is 8.91. The van der Waals surface area contributed by atoms with Gasteiger partial charge in [0.2, 0.25) is 5.91 Å². The fourth-order valence-corrected chi connectivity index (χ4v) is 5.31. The van der Waals surface area contributed by atoms with Gasteiger partial charge in [0.15, 0.2) is 0 Å². The molecule has 2 fully saturated rings. The molecule has 4 atom stereocenters. The Morgan fingerprint density at radius 3 is 2.79 bits per heavy atom. The maximum atomic E-state index is 12.7. The molecule has 0 bridgehead atoms. The highest BCUT2D eigenvalue weighted by atomic mass is 16.3. The molecule has 1 aliphatic carbocycles. The summed E-state index contributed by atoms with van der Waals surface area (Å²) < 4.78 is 1.84. The number of fused-ring (bicyclic) bond motifs is 2. The van der Waals surface area contributed by atoms with Crippen molar-refractivity contribution in [3.63, 3.8) is 0 Å². The normalized spacial score (nSPS) is 29.5. The number of imidazole rings is 1. The molecule has 1 saturated heterocycles. The van der Waals surface area contributed by atoms with Crippen LogP contribution in [-0.4, -0.2) is 55.9 Å². The average Bonchev–Trinajstić information content (AvgIpc) is 3.18. The molecule has 156 valence electrons. The molecule has 7 heteroatoms. The fraction of sp³-hybridized carbons (Fsp3) is 0.591. The number of hydrogen-bond acceptors (Lipinski definition) is 4. The Morgan fingerprint density at radius 2 is 2.03 bits per heavy atom. The van der Waals surface area contributed by atoms with Crippen molar-refractivity contribution in [1.29, 1.82) is 0 Å². The van der Waals surface area contributed by atoms with E-state index in [2.05, 4.69) is 17.2 Å². The number of carbonyl (C=O) groups excluding carboxylic acids is 2. The number of aromatic nitrogens is 2. The lowest BCUT2D eigenvalue weighted by molar-refractivity contribution is -0.133. The SMILES string of the molecule is CC(=O)N1[C@@H](CNC(=O)c2cn3cc(C)ccc3n2)C[C@@]2(C)[C@@H](O)CCCC[C@@H]12. The van der Waals surface area contributed by atoms with Crippen LogP contribution in [0.2, 0.25) is 0 Å². The van der Waals surface area contributed by atoms with Crippen LogP contribution in [0.3, 0.4) is 0 Å². The first-order valence-electron chi connectivity index (χ1n) is 10.5. The molecule has 2 aromatic heterocycles. The summed E-state index contributed by atoms with van der Waals surface area (Å²) in [6, 6.07) is 3.76. The van der Waals surface area contributed by atoms with Gasteiger partial charge in [0.1, 0.15) is 11.3 Å². The van der Waals surface area contributed by atoms with E-state index in [1.165, 1.54) is 0 Å². The number of pyridine rings is 1. The van der Waals surface area contributed by atoms with E-state index in [0.717, 1.165) is 36.9 Å². The summed E-state index contributed by atoms with van der Waals surface area (Å²) in [5.74, 6) is -0.233. The van der Waals surface area contributed by atoms with Crippen molar-refractivity contribution in [2.45, 2.75) is 71.1 Å². The summed E-state index contributed by atoms with van der Waals surface area (Å²) in [4.78, 5) is 31.5. The van der Waals surface area contributed by atoms with Gasteiger partial charge in [-0.25, -0.2) is 4.98 Å². The van der Waals surface area contributed by atoms with E-state index >= 15 is 0 Å². The van der Waals surface area contributed by atoms with Crippen LogP contribution in [0.25, 0.3) is 5.65 Å². The van der Waals surface area contributed by atoms with Gasteiger partial charge >= 0.3 is 0 Å². The predicted molar refractivity (Wildman–Crippen MR) is 110 cm³/mol. The minimum atomic E-state index is -0.417. The fourth-order valence-electron chi connectivity index (χ4n) is 5.31. The zero-order valence-electron chi connectivity index (χ0n) is 17.4. The van der Waals surface area contributed by atoms with Gasteiger partial charge in [0, 0.05) is 37.3 Å². The van der Waals surface area contributed by atoms with Crippen LogP contribution < -0.4 is 5.32 Å². The Morgan fingerprint density at radius 1 is 1.28 bits per heavy atom. The zero-order valence-corrected chi connectivity index (χ0v) is 17.4. The molecule has 4 rings (SSSR count). The molecule has 2 N–H and O–H groups in total. The molecular formula is C22H30N4O3. The van der Waals surface area contributed by atoms with Gasteiger partial charge < -0.3 is 19.7 Å². The molecule has 29 heavy (non-hydrogen) atoms. The standard InChI is InChI=1S/C22H30N4O3/c1-14-8-9-20-24-17(13-25(20)12-14)21(29)23-11-16-10-22(3)18(26(16)15(2)27)6-4-5-7-19(22)28/h8-9,12-13,16,18-19,28H,4-7,10-11H2,1-3H3,(H,23,29)/t16-,18-,19+,22-/m1/s1. The molecule has 1 aliphatic heterocycles. The number of likely N-dealkylation sites (tertiary alicyclic amines) is 1. The quantitative estimate of drug-likeness (QED) is 0.831. The third kappa shape index (κ3) is 3.52. The minimum Gasteiger partial charge on any atom is -0.392 e. The summed E-state index contributed by atoms with van der Waals surface area (Å²) in [6.07, 6.45) is 7.63. The molecule has 2 amide bonds. The van der Waals surface area contributed by atoms with Gasteiger partial charge in [0.25, 0.3) is 5.91 Å². The average molecular weight is 399 g/mol. The van der Waals surface area contributed by atoms with Gasteiger partial charge in [-0.3, -0.25) is 9.59 Å². The van der Waals surface area contributed by atoms with Crippen molar-refractivity contribution in [2.75, 3.05) is 6.54 Å². The molecule has 2 aliphatic rings. The number of amides is 2. The van der Waals surface area contributed by atoms with Crippen LogP contribution >= 0.6 is 0 Å². The van der Waals surface area contributed by atoms with E-state index in [0.29, 0.717) is 18.7 Å². The lowest BCUT2D eigenvalue weighted by Crippen LogP contribution is -2.48. The topological polar surface area (TPSA) is 86.9 Å². The molecule has 2 aromatic rings. The Hall–Kier alpha value is -2.41. The molecule has 7 nitrogen and oxygen atoms in total. The second-order valence-corrected chi connectivity index (χ2v) is 8.91. The lowest BCUT2D eigenvalue weighted by atomic mass is 9.75. The summed E-state index contributed by atoms with van der Waals surface area (Å²) in [6.45, 7) is 6.04. The molecule has 3 heterocycles. The van der Waals surface area contributed by atoms with E-state index in [9.17, 15) is 14.7 Å². The maximum Gasteiger partial charge on any atom is 0.271 e. The zero-order chi connectivity index (χ0) is 20.8. The van der Waals surface area contributed by atoms with Gasteiger partial charge in [-0.1, -0.05) is 25.8 Å². The Bertz CT molecular complexity index is 939. The maximum absolute atomic E-state index is 12.7. The minimum absolute atomic E-state index is 0.00952. The molecule has 0 unspecified atom stereocenters. The summed E-state index contributed by atoms with van der Waals surface area (Å²) in [5, 5.41) is 13.7. The van der Waals surface area contributed by atoms with Gasteiger partial charge in [-0.15, -0.1) is 0 Å². The van der Waals surface area contributed by atoms with Crippen molar-refractivity contribution in [1.82, 2.24) is 19.6 Å². The number of nitrogens with zero attached hydrogens (tertiary/aromatic N) is 3. The van der Waals surface area contributed by atoms with Crippen LogP contribution in [0.5, 0.6) is 0 Å².